The molecule has 0 bridgehead atoms. The summed E-state index contributed by atoms with van der Waals surface area (Å²) in [7, 11) is 1.36. The van der Waals surface area contributed by atoms with Crippen molar-refractivity contribution in [3.63, 3.8) is 0 Å². The average molecular weight is 385 g/mol. The van der Waals surface area contributed by atoms with Crippen LogP contribution in [0.5, 0.6) is 0 Å². The van der Waals surface area contributed by atoms with Crippen LogP contribution in [0.4, 0.5) is 4.79 Å². The molecule has 2 N–H and O–H groups in total. The van der Waals surface area contributed by atoms with Crippen LogP contribution in [0.3, 0.4) is 0 Å². The van der Waals surface area contributed by atoms with Gasteiger partial charge in [0.05, 0.1) is 19.8 Å². The standard InChI is InChI=1S/C21H23NO6/c1-22(19(20(24)25)13-27-11-10-23)21(26)28-12-18-16-8-4-2-6-14(16)15-7-3-5-9-17(15)18/h2-9,18-19,23H,10-13H2,1H3,(H,24,25)/t19-/m0/s1. The fourth-order valence-electron chi connectivity index (χ4n) is 3.43. The predicted molar refractivity (Wildman–Crippen MR) is 102 cm³/mol. The second kappa shape index (κ2) is 8.86. The lowest BCUT2D eigenvalue weighted by atomic mass is 9.98. The van der Waals surface area contributed by atoms with Gasteiger partial charge in [0.15, 0.2) is 6.04 Å². The summed E-state index contributed by atoms with van der Waals surface area (Å²) in [6.45, 7) is -0.332. The van der Waals surface area contributed by atoms with Crippen molar-refractivity contribution in [3.8, 4) is 11.1 Å². The number of nitrogens with zero attached hydrogens (tertiary/aromatic N) is 1. The first-order valence-electron chi connectivity index (χ1n) is 9.03. The van der Waals surface area contributed by atoms with Crippen LogP contribution in [0.15, 0.2) is 48.5 Å². The van der Waals surface area contributed by atoms with Crippen LogP contribution >= 0.6 is 0 Å². The second-order valence-electron chi connectivity index (χ2n) is 6.57. The van der Waals surface area contributed by atoms with Crippen molar-refractivity contribution in [1.29, 1.82) is 0 Å². The number of aliphatic hydroxyl groups excluding tert-OH is 1. The normalized spacial score (nSPS) is 13.5. The zero-order chi connectivity index (χ0) is 20.1. The number of fused-ring (bicyclic) bond motifs is 3. The molecule has 2 aromatic carbocycles. The Labute approximate surface area is 163 Å². The zero-order valence-corrected chi connectivity index (χ0v) is 15.6. The average Bonchev–Trinajstić information content (AvgIpc) is 3.02. The number of carboxylic acid groups (broad SMARTS) is 1. The summed E-state index contributed by atoms with van der Waals surface area (Å²) in [6.07, 6.45) is -0.734. The van der Waals surface area contributed by atoms with Crippen molar-refractivity contribution < 1.29 is 29.3 Å². The van der Waals surface area contributed by atoms with Crippen LogP contribution in [-0.2, 0) is 14.3 Å². The predicted octanol–water partition coefficient (Wildman–Crippen LogP) is 2.33. The maximum atomic E-state index is 12.4. The highest BCUT2D eigenvalue weighted by molar-refractivity contribution is 5.81. The van der Waals surface area contributed by atoms with Gasteiger partial charge in [-0.2, -0.15) is 0 Å². The summed E-state index contributed by atoms with van der Waals surface area (Å²) < 4.78 is 10.5. The fraction of sp³-hybridized carbons (Fsp3) is 0.333. The molecule has 1 atom stereocenters. The van der Waals surface area contributed by atoms with Crippen LogP contribution in [0, 0.1) is 0 Å². The van der Waals surface area contributed by atoms with Crippen LogP contribution in [-0.4, -0.2) is 66.7 Å². The Bertz CT molecular complexity index is 807. The molecule has 1 amide bonds. The maximum absolute atomic E-state index is 12.4. The number of carbonyl (C=O) groups excluding carboxylic acids is 1. The Kier molecular flexibility index (Phi) is 6.28. The van der Waals surface area contributed by atoms with Gasteiger partial charge in [-0.25, -0.2) is 9.59 Å². The molecule has 1 aliphatic rings. The summed E-state index contributed by atoms with van der Waals surface area (Å²) >= 11 is 0. The molecular weight excluding hydrogens is 362 g/mol. The molecule has 0 aromatic heterocycles. The fourth-order valence-corrected chi connectivity index (χ4v) is 3.43. The van der Waals surface area contributed by atoms with Crippen LogP contribution in [0.25, 0.3) is 11.1 Å². The molecular formula is C21H23NO6. The topological polar surface area (TPSA) is 96.3 Å². The quantitative estimate of drug-likeness (QED) is 0.677. The number of aliphatic hydroxyl groups is 1. The molecule has 0 spiro atoms. The van der Waals surface area contributed by atoms with Gasteiger partial charge < -0.3 is 19.7 Å². The number of carboxylic acids is 1. The van der Waals surface area contributed by atoms with Crippen molar-refractivity contribution in [3.05, 3.63) is 59.7 Å². The van der Waals surface area contributed by atoms with Gasteiger partial charge in [-0.05, 0) is 22.3 Å². The van der Waals surface area contributed by atoms with Gasteiger partial charge in [0, 0.05) is 13.0 Å². The molecule has 0 fully saturated rings. The van der Waals surface area contributed by atoms with Crippen molar-refractivity contribution in [2.45, 2.75) is 12.0 Å². The number of rotatable bonds is 8. The minimum atomic E-state index is -1.20. The highest BCUT2D eigenvalue weighted by atomic mass is 16.6. The molecule has 2 aromatic rings. The number of benzene rings is 2. The number of amides is 1. The van der Waals surface area contributed by atoms with E-state index < -0.39 is 18.1 Å². The summed E-state index contributed by atoms with van der Waals surface area (Å²) in [5, 5.41) is 18.1. The minimum Gasteiger partial charge on any atom is -0.480 e. The summed E-state index contributed by atoms with van der Waals surface area (Å²) in [4.78, 5) is 24.9. The first kappa shape index (κ1) is 19.9. The molecule has 28 heavy (non-hydrogen) atoms. The molecule has 1 aliphatic carbocycles. The highest BCUT2D eigenvalue weighted by Crippen LogP contribution is 2.44. The lowest BCUT2D eigenvalue weighted by molar-refractivity contribution is -0.144. The monoisotopic (exact) mass is 385 g/mol. The third-order valence-electron chi connectivity index (χ3n) is 4.89. The Morgan fingerprint density at radius 2 is 1.64 bits per heavy atom. The van der Waals surface area contributed by atoms with Crippen molar-refractivity contribution in [1.82, 2.24) is 4.90 Å². The Balaban J connectivity index is 1.69. The van der Waals surface area contributed by atoms with Crippen LogP contribution in [0.2, 0.25) is 0 Å². The van der Waals surface area contributed by atoms with E-state index in [1.165, 1.54) is 7.05 Å². The molecule has 0 radical (unpaired) electrons. The van der Waals surface area contributed by atoms with Gasteiger partial charge in [0.25, 0.3) is 0 Å². The number of hydrogen-bond acceptors (Lipinski definition) is 5. The molecule has 7 nitrogen and oxygen atoms in total. The summed E-state index contributed by atoms with van der Waals surface area (Å²) in [5.41, 5.74) is 4.40. The number of hydrogen-bond donors (Lipinski definition) is 2. The van der Waals surface area contributed by atoms with Crippen molar-refractivity contribution in [2.24, 2.45) is 0 Å². The lowest BCUT2D eigenvalue weighted by Gasteiger charge is -2.25. The Morgan fingerprint density at radius 1 is 1.07 bits per heavy atom. The SMILES string of the molecule is CN(C(=O)OCC1c2ccccc2-c2ccccc21)[C@@H](COCCO)C(=O)O. The van der Waals surface area contributed by atoms with Gasteiger partial charge in [-0.15, -0.1) is 0 Å². The molecule has 148 valence electrons. The van der Waals surface area contributed by atoms with E-state index in [1.807, 2.05) is 48.5 Å². The molecule has 0 heterocycles. The minimum absolute atomic E-state index is 0.00229. The third-order valence-corrected chi connectivity index (χ3v) is 4.89. The molecule has 0 aliphatic heterocycles. The number of carbonyl (C=O) groups is 2. The molecule has 3 rings (SSSR count). The molecule has 7 heteroatoms. The smallest absolute Gasteiger partial charge is 0.410 e. The van der Waals surface area contributed by atoms with E-state index in [4.69, 9.17) is 14.6 Å². The van der Waals surface area contributed by atoms with E-state index >= 15 is 0 Å². The third kappa shape index (κ3) is 4.00. The number of aliphatic carboxylic acids is 1. The zero-order valence-electron chi connectivity index (χ0n) is 15.6. The first-order chi connectivity index (χ1) is 13.5. The van der Waals surface area contributed by atoms with Crippen molar-refractivity contribution >= 4 is 12.1 Å². The van der Waals surface area contributed by atoms with E-state index in [-0.39, 0.29) is 32.3 Å². The lowest BCUT2D eigenvalue weighted by Crippen LogP contribution is -2.46. The van der Waals surface area contributed by atoms with E-state index in [1.54, 1.807) is 0 Å². The van der Waals surface area contributed by atoms with Gasteiger partial charge in [-0.1, -0.05) is 48.5 Å². The highest BCUT2D eigenvalue weighted by Gasteiger charge is 2.32. The van der Waals surface area contributed by atoms with Gasteiger partial charge in [-0.3, -0.25) is 4.90 Å². The molecule has 0 unspecified atom stereocenters. The van der Waals surface area contributed by atoms with Crippen LogP contribution in [0.1, 0.15) is 17.0 Å². The van der Waals surface area contributed by atoms with Gasteiger partial charge in [0.1, 0.15) is 6.61 Å². The van der Waals surface area contributed by atoms with E-state index in [0.717, 1.165) is 27.2 Å². The Morgan fingerprint density at radius 3 is 2.18 bits per heavy atom. The largest absolute Gasteiger partial charge is 0.480 e. The first-order valence-corrected chi connectivity index (χ1v) is 9.03. The second-order valence-corrected chi connectivity index (χ2v) is 6.57. The number of ether oxygens (including phenoxy) is 2. The van der Waals surface area contributed by atoms with Crippen LogP contribution < -0.4 is 0 Å². The van der Waals surface area contributed by atoms with Gasteiger partial charge >= 0.3 is 12.1 Å². The van der Waals surface area contributed by atoms with E-state index in [2.05, 4.69) is 0 Å². The summed E-state index contributed by atoms with van der Waals surface area (Å²) in [5.74, 6) is -1.30. The summed E-state index contributed by atoms with van der Waals surface area (Å²) in [6, 6.07) is 14.8. The molecule has 0 saturated heterocycles. The van der Waals surface area contributed by atoms with E-state index in [9.17, 15) is 14.7 Å². The Hall–Kier alpha value is -2.90. The number of likely N-dealkylation sites (N-methyl/N-ethyl adjacent to an activating group) is 1. The van der Waals surface area contributed by atoms with Gasteiger partial charge in [0.2, 0.25) is 0 Å². The maximum Gasteiger partial charge on any atom is 0.410 e. The van der Waals surface area contributed by atoms with Crippen molar-refractivity contribution in [2.75, 3.05) is 33.5 Å². The van der Waals surface area contributed by atoms with E-state index in [0.29, 0.717) is 0 Å². The molecule has 0 saturated carbocycles.